The Balaban J connectivity index is 2.61. The van der Waals surface area contributed by atoms with Gasteiger partial charge in [-0.05, 0) is 0 Å². The van der Waals surface area contributed by atoms with Gasteiger partial charge in [-0.15, -0.1) is 0 Å². The van der Waals surface area contributed by atoms with E-state index in [0.29, 0.717) is 18.9 Å². The normalized spacial score (nSPS) is 23.9. The Labute approximate surface area is 77.9 Å². The number of cyclic esters (lactones) is 1. The summed E-state index contributed by atoms with van der Waals surface area (Å²) in [4.78, 5) is 17.8. The number of carbonyl (C=O) groups is 1. The average Bonchev–Trinajstić information content (AvgIpc) is 2.32. The van der Waals surface area contributed by atoms with Gasteiger partial charge in [0.15, 0.2) is 0 Å². The first kappa shape index (κ1) is 10.1. The van der Waals surface area contributed by atoms with Crippen LogP contribution in [0.5, 0.6) is 0 Å². The summed E-state index contributed by atoms with van der Waals surface area (Å²) in [5.74, 6) is 0.269. The molecule has 1 heterocycles. The Morgan fingerprint density at radius 3 is 2.50 bits per heavy atom. The van der Waals surface area contributed by atoms with Crippen LogP contribution in [0.2, 0.25) is 14.8 Å². The van der Waals surface area contributed by atoms with E-state index in [1.165, 1.54) is 3.59 Å². The van der Waals surface area contributed by atoms with Crippen molar-refractivity contribution in [2.45, 2.75) is 21.2 Å². The Hall–Kier alpha value is 0.00870. The standard InChI is InChI=1S/C6H7O2.3CH3.Sn/c1-2-5-3-6(7)8-4-5;;;;/h5H,1,3-4H2;3*1H3;/t5-;;;;/m0..../s1. The van der Waals surface area contributed by atoms with Gasteiger partial charge in [-0.3, -0.25) is 0 Å². The van der Waals surface area contributed by atoms with E-state index in [2.05, 4.69) is 21.4 Å². The quantitative estimate of drug-likeness (QED) is 0.569. The van der Waals surface area contributed by atoms with Crippen LogP contribution in [0.1, 0.15) is 6.42 Å². The van der Waals surface area contributed by atoms with E-state index in [-0.39, 0.29) is 5.97 Å². The molecule has 0 amide bonds. The third-order valence-corrected chi connectivity index (χ3v) is 8.98. The molecular weight excluding hydrogens is 259 g/mol. The number of ether oxygens (including phenoxy) is 1. The first-order valence-electron chi connectivity index (χ1n) is 4.26. The van der Waals surface area contributed by atoms with Crippen LogP contribution in [-0.2, 0) is 9.53 Å². The predicted octanol–water partition coefficient (Wildman–Crippen LogP) is 1.98. The molecule has 0 aromatic rings. The summed E-state index contributed by atoms with van der Waals surface area (Å²) in [6, 6.07) is 0. The summed E-state index contributed by atoms with van der Waals surface area (Å²) < 4.78 is 6.24. The molecule has 1 fully saturated rings. The maximum absolute atomic E-state index is 10.8. The fourth-order valence-electron chi connectivity index (χ4n) is 1.35. The molecule has 12 heavy (non-hydrogen) atoms. The van der Waals surface area contributed by atoms with Gasteiger partial charge in [0, 0.05) is 0 Å². The molecule has 2 nitrogen and oxygen atoms in total. The molecular formula is C9H16O2Sn. The number of hydrogen-bond donors (Lipinski definition) is 0. The first-order valence-corrected chi connectivity index (χ1v) is 14.2. The topological polar surface area (TPSA) is 26.3 Å². The van der Waals surface area contributed by atoms with Crippen LogP contribution in [0, 0.1) is 5.92 Å². The number of rotatable bonds is 2. The van der Waals surface area contributed by atoms with Gasteiger partial charge in [0.2, 0.25) is 0 Å². The van der Waals surface area contributed by atoms with Gasteiger partial charge in [0.05, 0.1) is 0 Å². The van der Waals surface area contributed by atoms with E-state index >= 15 is 0 Å². The van der Waals surface area contributed by atoms with Crippen LogP contribution in [0.15, 0.2) is 10.2 Å². The van der Waals surface area contributed by atoms with Crippen molar-refractivity contribution in [2.24, 2.45) is 5.92 Å². The third kappa shape index (κ3) is 2.25. The molecule has 3 heteroatoms. The van der Waals surface area contributed by atoms with Gasteiger partial charge in [0.25, 0.3) is 0 Å². The van der Waals surface area contributed by atoms with E-state index in [4.69, 9.17) is 4.74 Å². The second-order valence-electron chi connectivity index (χ2n) is 4.36. The van der Waals surface area contributed by atoms with E-state index in [1.807, 2.05) is 0 Å². The molecule has 0 aromatic heterocycles. The summed E-state index contributed by atoms with van der Waals surface area (Å²) in [6.07, 6.45) is 0.563. The molecule has 0 radical (unpaired) electrons. The zero-order chi connectivity index (χ0) is 9.35. The van der Waals surface area contributed by atoms with Gasteiger partial charge < -0.3 is 0 Å². The number of carbonyl (C=O) groups excluding carboxylic acids is 1. The minimum atomic E-state index is -1.98. The van der Waals surface area contributed by atoms with Crippen LogP contribution in [-0.4, -0.2) is 31.0 Å². The van der Waals surface area contributed by atoms with Crippen LogP contribution in [0.25, 0.3) is 0 Å². The fourth-order valence-corrected chi connectivity index (χ4v) is 5.37. The maximum atomic E-state index is 10.8. The van der Waals surface area contributed by atoms with Crippen molar-refractivity contribution < 1.29 is 9.53 Å². The SMILES string of the molecule is C=[C]([C@@H]1COC(=O)C1)[Sn]([CH3])([CH3])[CH3]. The molecule has 0 N–H and O–H groups in total. The fraction of sp³-hybridized carbons (Fsp3) is 0.667. The third-order valence-electron chi connectivity index (χ3n) is 2.31. The molecule has 0 unspecified atom stereocenters. The molecule has 1 rings (SSSR count). The van der Waals surface area contributed by atoms with Crippen molar-refractivity contribution in [3.05, 3.63) is 10.2 Å². The van der Waals surface area contributed by atoms with Gasteiger partial charge in [0.1, 0.15) is 0 Å². The Kier molecular flexibility index (Phi) is 2.86. The van der Waals surface area contributed by atoms with Crippen molar-refractivity contribution >= 4 is 24.3 Å². The second kappa shape index (κ2) is 3.40. The van der Waals surface area contributed by atoms with Crippen molar-refractivity contribution in [3.8, 4) is 0 Å². The van der Waals surface area contributed by atoms with Gasteiger partial charge >= 0.3 is 77.8 Å². The van der Waals surface area contributed by atoms with Crippen LogP contribution in [0.4, 0.5) is 0 Å². The van der Waals surface area contributed by atoms with E-state index in [9.17, 15) is 4.79 Å². The van der Waals surface area contributed by atoms with Crippen LogP contribution < -0.4 is 0 Å². The van der Waals surface area contributed by atoms with E-state index < -0.39 is 18.4 Å². The Bertz CT molecular complexity index is 215. The zero-order valence-corrected chi connectivity index (χ0v) is 10.9. The number of esters is 1. The molecule has 0 aromatic carbocycles. The average molecular weight is 275 g/mol. The molecule has 1 saturated heterocycles. The Morgan fingerprint density at radius 2 is 2.17 bits per heavy atom. The summed E-state index contributed by atoms with van der Waals surface area (Å²) >= 11 is -1.98. The van der Waals surface area contributed by atoms with Gasteiger partial charge in [-0.25, -0.2) is 0 Å². The van der Waals surface area contributed by atoms with Crippen LogP contribution >= 0.6 is 0 Å². The molecule has 1 atom stereocenters. The zero-order valence-electron chi connectivity index (χ0n) is 8.02. The van der Waals surface area contributed by atoms with Crippen LogP contribution in [0.3, 0.4) is 0 Å². The predicted molar refractivity (Wildman–Crippen MR) is 51.6 cm³/mol. The van der Waals surface area contributed by atoms with Crippen molar-refractivity contribution in [1.29, 1.82) is 0 Å². The van der Waals surface area contributed by atoms with E-state index in [0.717, 1.165) is 0 Å². The summed E-state index contributed by atoms with van der Waals surface area (Å²) in [5, 5.41) is 0. The number of hydrogen-bond acceptors (Lipinski definition) is 2. The summed E-state index contributed by atoms with van der Waals surface area (Å²) in [7, 11) is 0. The molecule has 0 spiro atoms. The Morgan fingerprint density at radius 1 is 1.58 bits per heavy atom. The monoisotopic (exact) mass is 276 g/mol. The molecule has 1 aliphatic heterocycles. The molecule has 68 valence electrons. The summed E-state index contributed by atoms with van der Waals surface area (Å²) in [5.41, 5.74) is 0. The second-order valence-corrected chi connectivity index (χ2v) is 19.0. The molecule has 0 aliphatic carbocycles. The van der Waals surface area contributed by atoms with Crippen molar-refractivity contribution in [3.63, 3.8) is 0 Å². The molecule has 0 saturated carbocycles. The first-order chi connectivity index (χ1) is 5.41. The van der Waals surface area contributed by atoms with Gasteiger partial charge in [-0.2, -0.15) is 0 Å². The van der Waals surface area contributed by atoms with Gasteiger partial charge in [-0.1, -0.05) is 0 Å². The molecule has 1 aliphatic rings. The van der Waals surface area contributed by atoms with Crippen molar-refractivity contribution in [2.75, 3.05) is 6.61 Å². The minimum absolute atomic E-state index is 0.0586. The van der Waals surface area contributed by atoms with E-state index in [1.54, 1.807) is 0 Å². The molecule has 0 bridgehead atoms. The summed E-state index contributed by atoms with van der Waals surface area (Å²) in [6.45, 7) is 4.68. The van der Waals surface area contributed by atoms with Crippen molar-refractivity contribution in [1.82, 2.24) is 0 Å².